The van der Waals surface area contributed by atoms with Crippen LogP contribution < -0.4 is 4.90 Å². The summed E-state index contributed by atoms with van der Waals surface area (Å²) in [5.74, 6) is 2.76. The largest absolute Gasteiger partial charge is 0.340 e. The molecule has 6 rings (SSSR count). The van der Waals surface area contributed by atoms with Crippen LogP contribution in [-0.2, 0) is 20.0 Å². The summed E-state index contributed by atoms with van der Waals surface area (Å²) in [4.78, 5) is 21.1. The van der Waals surface area contributed by atoms with Crippen molar-refractivity contribution in [2.75, 3.05) is 11.4 Å². The molecule has 5 heterocycles. The molecule has 1 saturated carbocycles. The molecule has 146 valence electrons. The fourth-order valence-corrected chi connectivity index (χ4v) is 4.16. The number of aromatic nitrogens is 6. The lowest BCUT2D eigenvalue weighted by Crippen LogP contribution is -2.26. The Balaban J connectivity index is 1.37. The number of imidazole rings is 2. The van der Waals surface area contributed by atoms with Gasteiger partial charge >= 0.3 is 0 Å². The maximum atomic E-state index is 5.07. The molecular formula is C22H23N7. The highest BCUT2D eigenvalue weighted by molar-refractivity contribution is 5.78. The zero-order valence-electron chi connectivity index (χ0n) is 16.5. The second-order valence-corrected chi connectivity index (χ2v) is 8.24. The minimum atomic E-state index is 0.794. The second kappa shape index (κ2) is 6.40. The van der Waals surface area contributed by atoms with E-state index in [0.717, 1.165) is 65.9 Å². The summed E-state index contributed by atoms with van der Waals surface area (Å²) in [5, 5.41) is 0. The third kappa shape index (κ3) is 2.97. The van der Waals surface area contributed by atoms with Gasteiger partial charge in [-0.3, -0.25) is 0 Å². The molecule has 0 bridgehead atoms. The van der Waals surface area contributed by atoms with E-state index in [4.69, 9.17) is 9.97 Å². The van der Waals surface area contributed by atoms with Crippen molar-refractivity contribution in [2.24, 2.45) is 13.0 Å². The van der Waals surface area contributed by atoms with Crippen LogP contribution in [0, 0.1) is 5.92 Å². The average Bonchev–Trinajstić information content (AvgIpc) is 3.33. The molecule has 1 fully saturated rings. The van der Waals surface area contributed by atoms with Crippen molar-refractivity contribution in [3.63, 3.8) is 0 Å². The molecule has 7 nitrogen and oxygen atoms in total. The van der Waals surface area contributed by atoms with Gasteiger partial charge in [0.25, 0.3) is 0 Å². The molecule has 4 aromatic heterocycles. The summed E-state index contributed by atoms with van der Waals surface area (Å²) in [6, 6.07) is 6.39. The van der Waals surface area contributed by atoms with Crippen molar-refractivity contribution in [1.82, 2.24) is 29.1 Å². The van der Waals surface area contributed by atoms with Crippen LogP contribution in [-0.4, -0.2) is 35.6 Å². The molecule has 0 unspecified atom stereocenters. The van der Waals surface area contributed by atoms with E-state index in [0.29, 0.717) is 0 Å². The van der Waals surface area contributed by atoms with Crippen molar-refractivity contribution in [3.05, 3.63) is 48.8 Å². The van der Waals surface area contributed by atoms with Crippen molar-refractivity contribution in [1.29, 1.82) is 0 Å². The number of hydrogen-bond donors (Lipinski definition) is 0. The van der Waals surface area contributed by atoms with Gasteiger partial charge in [0, 0.05) is 38.1 Å². The molecule has 2 aliphatic rings. The molecule has 7 heteroatoms. The second-order valence-electron chi connectivity index (χ2n) is 8.24. The van der Waals surface area contributed by atoms with Crippen molar-refractivity contribution in [2.45, 2.75) is 32.2 Å². The van der Waals surface area contributed by atoms with Gasteiger partial charge in [0.1, 0.15) is 17.2 Å². The van der Waals surface area contributed by atoms with Crippen LogP contribution in [0.3, 0.4) is 0 Å². The van der Waals surface area contributed by atoms with Gasteiger partial charge in [-0.05, 0) is 55.4 Å². The van der Waals surface area contributed by atoms with Gasteiger partial charge in [-0.1, -0.05) is 0 Å². The standard InChI is InChI=1S/C22H23N7/c1-27-12-19(24-13-27)17-6-7-20(23-10-17)29-8-2-3-16-9-18-22(26-21(16)29)28(14-25-18)11-15-4-5-15/h6-7,9-10,12-15H,2-5,8,11H2,1H3. The van der Waals surface area contributed by atoms with Crippen LogP contribution in [0.25, 0.3) is 22.4 Å². The maximum Gasteiger partial charge on any atom is 0.162 e. The predicted octanol–water partition coefficient (Wildman–Crippen LogP) is 3.72. The van der Waals surface area contributed by atoms with E-state index in [-0.39, 0.29) is 0 Å². The average molecular weight is 385 g/mol. The quantitative estimate of drug-likeness (QED) is 0.536. The van der Waals surface area contributed by atoms with Crippen molar-refractivity contribution in [3.8, 4) is 11.3 Å². The maximum absolute atomic E-state index is 5.07. The first-order valence-corrected chi connectivity index (χ1v) is 10.3. The molecular weight excluding hydrogens is 362 g/mol. The Morgan fingerprint density at radius 1 is 1.10 bits per heavy atom. The molecule has 1 aliphatic carbocycles. The third-order valence-electron chi connectivity index (χ3n) is 5.91. The molecule has 0 saturated heterocycles. The molecule has 29 heavy (non-hydrogen) atoms. The molecule has 0 amide bonds. The summed E-state index contributed by atoms with van der Waals surface area (Å²) >= 11 is 0. The summed E-state index contributed by atoms with van der Waals surface area (Å²) in [6.45, 7) is 1.96. The lowest BCUT2D eigenvalue weighted by molar-refractivity contribution is 0.637. The summed E-state index contributed by atoms with van der Waals surface area (Å²) in [7, 11) is 1.98. The van der Waals surface area contributed by atoms with E-state index >= 15 is 0 Å². The Morgan fingerprint density at radius 3 is 2.79 bits per heavy atom. The van der Waals surface area contributed by atoms with Gasteiger partial charge in [-0.25, -0.2) is 19.9 Å². The Morgan fingerprint density at radius 2 is 2.03 bits per heavy atom. The fourth-order valence-electron chi connectivity index (χ4n) is 4.16. The molecule has 0 aromatic carbocycles. The first-order chi connectivity index (χ1) is 14.2. The monoisotopic (exact) mass is 385 g/mol. The lowest BCUT2D eigenvalue weighted by atomic mass is 10.1. The molecule has 0 atom stereocenters. The minimum Gasteiger partial charge on any atom is -0.340 e. The van der Waals surface area contributed by atoms with Gasteiger partial charge in [0.2, 0.25) is 0 Å². The summed E-state index contributed by atoms with van der Waals surface area (Å²) in [6.07, 6.45) is 12.4. The van der Waals surface area contributed by atoms with Crippen LogP contribution in [0.2, 0.25) is 0 Å². The molecule has 1 aliphatic heterocycles. The van der Waals surface area contributed by atoms with E-state index in [1.165, 1.54) is 18.4 Å². The zero-order chi connectivity index (χ0) is 19.4. The van der Waals surface area contributed by atoms with Crippen LogP contribution in [0.1, 0.15) is 24.8 Å². The van der Waals surface area contributed by atoms with Gasteiger partial charge in [-0.15, -0.1) is 0 Å². The van der Waals surface area contributed by atoms with Crippen molar-refractivity contribution >= 4 is 22.8 Å². The number of anilines is 2. The smallest absolute Gasteiger partial charge is 0.162 e. The van der Waals surface area contributed by atoms with Crippen LogP contribution in [0.4, 0.5) is 11.6 Å². The third-order valence-corrected chi connectivity index (χ3v) is 5.91. The summed E-state index contributed by atoms with van der Waals surface area (Å²) in [5.41, 5.74) is 5.22. The number of pyridine rings is 2. The van der Waals surface area contributed by atoms with E-state index in [1.54, 1.807) is 0 Å². The van der Waals surface area contributed by atoms with Gasteiger partial charge in [0.05, 0.1) is 18.3 Å². The highest BCUT2D eigenvalue weighted by Crippen LogP contribution is 2.35. The Kier molecular flexibility index (Phi) is 3.69. The van der Waals surface area contributed by atoms with Crippen LogP contribution >= 0.6 is 0 Å². The van der Waals surface area contributed by atoms with E-state index in [9.17, 15) is 0 Å². The normalized spacial score (nSPS) is 16.4. The molecule has 0 N–H and O–H groups in total. The lowest BCUT2D eigenvalue weighted by Gasteiger charge is -2.29. The van der Waals surface area contributed by atoms with Crippen LogP contribution in [0.5, 0.6) is 0 Å². The molecule has 4 aromatic rings. The Bertz CT molecular complexity index is 1180. The zero-order valence-corrected chi connectivity index (χ0v) is 16.5. The number of rotatable bonds is 4. The fraction of sp³-hybridized carbons (Fsp3) is 0.364. The van der Waals surface area contributed by atoms with Gasteiger partial charge in [0.15, 0.2) is 5.65 Å². The highest BCUT2D eigenvalue weighted by Gasteiger charge is 2.25. The Labute approximate surface area is 169 Å². The Hall–Kier alpha value is -3.22. The SMILES string of the molecule is Cn1cnc(-c2ccc(N3CCCc4cc5ncn(CC6CC6)c5nc43)nc2)c1. The highest BCUT2D eigenvalue weighted by atomic mass is 15.3. The summed E-state index contributed by atoms with van der Waals surface area (Å²) < 4.78 is 4.17. The van der Waals surface area contributed by atoms with Gasteiger partial charge in [-0.2, -0.15) is 0 Å². The van der Waals surface area contributed by atoms with Crippen molar-refractivity contribution < 1.29 is 0 Å². The van der Waals surface area contributed by atoms with E-state index < -0.39 is 0 Å². The first-order valence-electron chi connectivity index (χ1n) is 10.3. The molecule has 0 radical (unpaired) electrons. The van der Waals surface area contributed by atoms with Gasteiger partial charge < -0.3 is 14.0 Å². The molecule has 0 spiro atoms. The van der Waals surface area contributed by atoms with Crippen LogP contribution in [0.15, 0.2) is 43.2 Å². The number of aryl methyl sites for hydroxylation is 2. The topological polar surface area (TPSA) is 64.7 Å². The van der Waals surface area contributed by atoms with E-state index in [1.807, 2.05) is 36.7 Å². The first kappa shape index (κ1) is 16.7. The number of nitrogens with zero attached hydrogens (tertiary/aromatic N) is 7. The minimum absolute atomic E-state index is 0.794. The predicted molar refractivity (Wildman–Crippen MR) is 112 cm³/mol. The van der Waals surface area contributed by atoms with E-state index in [2.05, 4.69) is 37.6 Å². The number of fused-ring (bicyclic) bond motifs is 2. The number of hydrogen-bond acceptors (Lipinski definition) is 5.